The Kier molecular flexibility index (Phi) is 6.14. The van der Waals surface area contributed by atoms with E-state index < -0.39 is 29.2 Å². The molecule has 0 aliphatic carbocycles. The van der Waals surface area contributed by atoms with Gasteiger partial charge in [0, 0.05) is 30.9 Å². The summed E-state index contributed by atoms with van der Waals surface area (Å²) in [6, 6.07) is 1.20. The third-order valence-corrected chi connectivity index (χ3v) is 3.62. The van der Waals surface area contributed by atoms with Crippen molar-refractivity contribution in [3.8, 4) is 11.8 Å². The van der Waals surface area contributed by atoms with Crippen LogP contribution in [0.25, 0.3) is 0 Å². The Bertz CT molecular complexity index is 633. The smallest absolute Gasteiger partial charge is 0.390 e. The third-order valence-electron chi connectivity index (χ3n) is 2.19. The maximum atomic E-state index is 12.0. The average molecular weight is 322 g/mol. The number of aliphatic hydroxyl groups excluding tert-OH is 1. The molecule has 0 bridgehead atoms. The van der Waals surface area contributed by atoms with Crippen LogP contribution >= 0.6 is 0 Å². The molecule has 0 saturated carbocycles. The molecule has 2 N–H and O–H groups in total. The van der Waals surface area contributed by atoms with E-state index in [1.165, 1.54) is 12.3 Å². The van der Waals surface area contributed by atoms with Gasteiger partial charge < -0.3 is 5.11 Å². The van der Waals surface area contributed by atoms with Gasteiger partial charge in [0.15, 0.2) is 0 Å². The van der Waals surface area contributed by atoms with Gasteiger partial charge in [-0.05, 0) is 6.07 Å². The molecule has 0 aliphatic rings. The van der Waals surface area contributed by atoms with Crippen LogP contribution in [-0.2, 0) is 10.0 Å². The van der Waals surface area contributed by atoms with E-state index in [2.05, 4.69) is 16.8 Å². The minimum atomic E-state index is -4.43. The zero-order chi connectivity index (χ0) is 15.9. The molecule has 0 unspecified atom stereocenters. The molecule has 9 heteroatoms. The number of hydrogen-bond acceptors (Lipinski definition) is 4. The van der Waals surface area contributed by atoms with E-state index in [1.54, 1.807) is 0 Å². The van der Waals surface area contributed by atoms with Crippen molar-refractivity contribution in [2.24, 2.45) is 0 Å². The van der Waals surface area contributed by atoms with Crippen LogP contribution in [0.1, 0.15) is 18.4 Å². The fraction of sp³-hybridized carbons (Fsp3) is 0.417. The maximum absolute atomic E-state index is 12.0. The number of aliphatic hydroxyl groups is 1. The molecular weight excluding hydrogens is 309 g/mol. The van der Waals surface area contributed by atoms with E-state index in [9.17, 15) is 21.6 Å². The summed E-state index contributed by atoms with van der Waals surface area (Å²) in [7, 11) is -4.07. The second kappa shape index (κ2) is 7.40. The molecule has 0 spiro atoms. The second-order valence-electron chi connectivity index (χ2n) is 3.95. The van der Waals surface area contributed by atoms with Gasteiger partial charge in [0.2, 0.25) is 10.0 Å². The summed E-state index contributed by atoms with van der Waals surface area (Å²) in [6.07, 6.45) is -3.12. The Morgan fingerprint density at radius 3 is 2.67 bits per heavy atom. The predicted molar refractivity (Wildman–Crippen MR) is 68.7 cm³/mol. The molecule has 0 amide bonds. The molecule has 1 rings (SSSR count). The highest BCUT2D eigenvalue weighted by Crippen LogP contribution is 2.19. The largest absolute Gasteiger partial charge is 0.395 e. The molecule has 0 fully saturated rings. The molecule has 5 nitrogen and oxygen atoms in total. The lowest BCUT2D eigenvalue weighted by Crippen LogP contribution is -2.28. The number of nitrogens with one attached hydrogen (secondary N) is 1. The molecule has 0 aliphatic heterocycles. The van der Waals surface area contributed by atoms with E-state index in [-0.39, 0.29) is 17.9 Å². The number of rotatable bonds is 5. The summed E-state index contributed by atoms with van der Waals surface area (Å²) in [5, 5.41) is 8.58. The Morgan fingerprint density at radius 2 is 2.05 bits per heavy atom. The van der Waals surface area contributed by atoms with Crippen LogP contribution in [0.3, 0.4) is 0 Å². The van der Waals surface area contributed by atoms with Gasteiger partial charge in [-0.15, -0.1) is 0 Å². The maximum Gasteiger partial charge on any atom is 0.390 e. The number of pyridine rings is 1. The molecule has 21 heavy (non-hydrogen) atoms. The number of halogens is 3. The van der Waals surface area contributed by atoms with E-state index in [0.717, 1.165) is 6.20 Å². The minimum Gasteiger partial charge on any atom is -0.395 e. The van der Waals surface area contributed by atoms with E-state index in [4.69, 9.17) is 5.11 Å². The number of sulfonamides is 1. The Labute approximate surface area is 120 Å². The fourth-order valence-electron chi connectivity index (χ4n) is 1.27. The normalized spacial score (nSPS) is 11.8. The lowest BCUT2D eigenvalue weighted by molar-refractivity contribution is -0.132. The summed E-state index contributed by atoms with van der Waals surface area (Å²) in [6.45, 7) is -0.871. The highest BCUT2D eigenvalue weighted by molar-refractivity contribution is 7.89. The molecule has 0 radical (unpaired) electrons. The first-order valence-corrected chi connectivity index (χ1v) is 7.34. The van der Waals surface area contributed by atoms with Crippen molar-refractivity contribution in [2.75, 3.05) is 13.2 Å². The molecule has 0 saturated heterocycles. The molecule has 1 aromatic heterocycles. The Hall–Kier alpha value is -1.63. The van der Waals surface area contributed by atoms with Gasteiger partial charge in [-0.3, -0.25) is 4.98 Å². The Morgan fingerprint density at radius 1 is 1.33 bits per heavy atom. The van der Waals surface area contributed by atoms with Crippen molar-refractivity contribution in [1.82, 2.24) is 9.71 Å². The van der Waals surface area contributed by atoms with Crippen LogP contribution in [0.15, 0.2) is 23.4 Å². The van der Waals surface area contributed by atoms with Crippen LogP contribution in [0.5, 0.6) is 0 Å². The van der Waals surface area contributed by atoms with Crippen molar-refractivity contribution in [3.05, 3.63) is 24.0 Å². The first kappa shape index (κ1) is 17.4. The van der Waals surface area contributed by atoms with Crippen molar-refractivity contribution >= 4 is 10.0 Å². The average Bonchev–Trinajstić information content (AvgIpc) is 2.37. The van der Waals surface area contributed by atoms with Crippen molar-refractivity contribution in [2.45, 2.75) is 23.9 Å². The van der Waals surface area contributed by atoms with Gasteiger partial charge in [-0.2, -0.15) is 13.2 Å². The fourth-order valence-corrected chi connectivity index (χ4v) is 2.28. The first-order chi connectivity index (χ1) is 9.74. The van der Waals surface area contributed by atoms with E-state index in [0.29, 0.717) is 5.56 Å². The monoisotopic (exact) mass is 322 g/mol. The SMILES string of the molecule is O=S(=O)(NCCC(F)(F)F)c1cncc(C#CCCO)c1. The van der Waals surface area contributed by atoms with Crippen molar-refractivity contribution in [3.63, 3.8) is 0 Å². The van der Waals surface area contributed by atoms with Gasteiger partial charge >= 0.3 is 6.18 Å². The van der Waals surface area contributed by atoms with Crippen LogP contribution in [0.2, 0.25) is 0 Å². The number of nitrogens with zero attached hydrogens (tertiary/aromatic N) is 1. The highest BCUT2D eigenvalue weighted by Gasteiger charge is 2.27. The van der Waals surface area contributed by atoms with Gasteiger partial charge in [-0.25, -0.2) is 13.1 Å². The zero-order valence-electron chi connectivity index (χ0n) is 10.8. The van der Waals surface area contributed by atoms with Crippen LogP contribution in [0, 0.1) is 11.8 Å². The standard InChI is InChI=1S/C12H13F3N2O3S/c13-12(14,15)4-5-17-21(19,20)11-7-10(8-16-9-11)3-1-2-6-18/h7-9,17-18H,2,4-6H2. The topological polar surface area (TPSA) is 79.3 Å². The lowest BCUT2D eigenvalue weighted by Gasteiger charge is -2.08. The lowest BCUT2D eigenvalue weighted by atomic mass is 10.3. The molecule has 116 valence electrons. The molecule has 1 heterocycles. The summed E-state index contributed by atoms with van der Waals surface area (Å²) in [5.41, 5.74) is 0.294. The summed E-state index contributed by atoms with van der Waals surface area (Å²) in [5.74, 6) is 5.18. The van der Waals surface area contributed by atoms with Crippen LogP contribution in [0.4, 0.5) is 13.2 Å². The number of hydrogen-bond donors (Lipinski definition) is 2. The summed E-state index contributed by atoms with van der Waals surface area (Å²) >= 11 is 0. The van der Waals surface area contributed by atoms with E-state index >= 15 is 0 Å². The molecule has 0 aromatic carbocycles. The molecule has 0 atom stereocenters. The van der Waals surface area contributed by atoms with Crippen molar-refractivity contribution in [1.29, 1.82) is 0 Å². The van der Waals surface area contributed by atoms with Crippen LogP contribution in [-0.4, -0.2) is 37.8 Å². The summed E-state index contributed by atoms with van der Waals surface area (Å²) < 4.78 is 61.4. The van der Waals surface area contributed by atoms with Gasteiger partial charge in [0.1, 0.15) is 4.90 Å². The molecular formula is C12H13F3N2O3S. The number of alkyl halides is 3. The zero-order valence-corrected chi connectivity index (χ0v) is 11.6. The first-order valence-electron chi connectivity index (χ1n) is 5.86. The summed E-state index contributed by atoms with van der Waals surface area (Å²) in [4.78, 5) is 3.42. The van der Waals surface area contributed by atoms with E-state index in [1.807, 2.05) is 4.72 Å². The minimum absolute atomic E-state index is 0.128. The predicted octanol–water partition coefficient (Wildman–Crippen LogP) is 1.05. The third kappa shape index (κ3) is 6.57. The van der Waals surface area contributed by atoms with Gasteiger partial charge in [0.05, 0.1) is 13.0 Å². The quantitative estimate of drug-likeness (QED) is 0.794. The van der Waals surface area contributed by atoms with Crippen LogP contribution < -0.4 is 4.72 Å². The van der Waals surface area contributed by atoms with Gasteiger partial charge in [-0.1, -0.05) is 11.8 Å². The number of aromatic nitrogens is 1. The van der Waals surface area contributed by atoms with Crippen molar-refractivity contribution < 1.29 is 26.7 Å². The van der Waals surface area contributed by atoms with Gasteiger partial charge in [0.25, 0.3) is 0 Å². The molecule has 1 aromatic rings. The Balaban J connectivity index is 2.80. The highest BCUT2D eigenvalue weighted by atomic mass is 32.2. The second-order valence-corrected chi connectivity index (χ2v) is 5.71.